The zero-order chi connectivity index (χ0) is 13.4. The van der Waals surface area contributed by atoms with Crippen LogP contribution in [0.3, 0.4) is 0 Å². The molecule has 2 unspecified atom stereocenters. The molecule has 4 rings (SSSR count). The van der Waals surface area contributed by atoms with Crippen LogP contribution in [0.15, 0.2) is 24.3 Å². The Balaban J connectivity index is 1.33. The second-order valence-corrected chi connectivity index (χ2v) is 7.00. The fourth-order valence-corrected chi connectivity index (χ4v) is 3.97. The van der Waals surface area contributed by atoms with Gasteiger partial charge < -0.3 is 5.32 Å². The van der Waals surface area contributed by atoms with Crippen molar-refractivity contribution in [3.63, 3.8) is 0 Å². The van der Waals surface area contributed by atoms with Crippen LogP contribution < -0.4 is 5.32 Å². The summed E-state index contributed by atoms with van der Waals surface area (Å²) in [5.74, 6) is 0.896. The highest BCUT2D eigenvalue weighted by molar-refractivity contribution is 5.30. The van der Waals surface area contributed by atoms with E-state index in [1.807, 2.05) is 0 Å². The average molecular weight is 270 g/mol. The highest BCUT2D eigenvalue weighted by Crippen LogP contribution is 2.28. The first kappa shape index (κ1) is 12.8. The molecule has 1 saturated heterocycles. The van der Waals surface area contributed by atoms with E-state index in [4.69, 9.17) is 0 Å². The van der Waals surface area contributed by atoms with Crippen LogP contribution in [0.1, 0.15) is 36.8 Å². The third-order valence-electron chi connectivity index (χ3n) is 5.43. The first-order valence-electron chi connectivity index (χ1n) is 8.43. The Labute approximate surface area is 122 Å². The topological polar surface area (TPSA) is 15.3 Å². The van der Waals surface area contributed by atoms with Gasteiger partial charge in [-0.3, -0.25) is 4.90 Å². The van der Waals surface area contributed by atoms with Crippen LogP contribution in [0.5, 0.6) is 0 Å². The Hall–Kier alpha value is -0.860. The molecule has 1 aromatic rings. The summed E-state index contributed by atoms with van der Waals surface area (Å²) in [6.45, 7) is 3.90. The van der Waals surface area contributed by atoms with Gasteiger partial charge in [0.05, 0.1) is 0 Å². The lowest BCUT2D eigenvalue weighted by molar-refractivity contribution is 0.213. The number of hydrogen-bond donors (Lipinski definition) is 1. The molecule has 0 radical (unpaired) electrons. The van der Waals surface area contributed by atoms with Crippen molar-refractivity contribution in [2.75, 3.05) is 19.6 Å². The molecule has 2 nitrogen and oxygen atoms in total. The Kier molecular flexibility index (Phi) is 3.53. The first-order valence-corrected chi connectivity index (χ1v) is 8.43. The van der Waals surface area contributed by atoms with Crippen LogP contribution in [-0.4, -0.2) is 36.6 Å². The molecular formula is C18H26N2. The van der Waals surface area contributed by atoms with Gasteiger partial charge in [0.15, 0.2) is 0 Å². The van der Waals surface area contributed by atoms with E-state index in [1.165, 1.54) is 58.2 Å². The lowest BCUT2D eigenvalue weighted by atomic mass is 9.87. The van der Waals surface area contributed by atoms with Crippen molar-refractivity contribution in [2.45, 2.75) is 50.6 Å². The molecular weight excluding hydrogens is 244 g/mol. The number of fused-ring (bicyclic) bond motifs is 1. The van der Waals surface area contributed by atoms with Crippen molar-refractivity contribution in [2.24, 2.45) is 5.92 Å². The van der Waals surface area contributed by atoms with Gasteiger partial charge in [-0.05, 0) is 68.7 Å². The molecule has 1 aromatic carbocycles. The van der Waals surface area contributed by atoms with Gasteiger partial charge in [0.1, 0.15) is 0 Å². The molecule has 2 heteroatoms. The number of rotatable bonds is 4. The van der Waals surface area contributed by atoms with Crippen molar-refractivity contribution in [3.05, 3.63) is 35.4 Å². The quantitative estimate of drug-likeness (QED) is 0.905. The van der Waals surface area contributed by atoms with Gasteiger partial charge in [0.2, 0.25) is 0 Å². The monoisotopic (exact) mass is 270 g/mol. The van der Waals surface area contributed by atoms with Crippen LogP contribution in [0.4, 0.5) is 0 Å². The second kappa shape index (κ2) is 5.50. The van der Waals surface area contributed by atoms with Crippen LogP contribution in [-0.2, 0) is 12.8 Å². The predicted octanol–water partition coefficient (Wildman–Crippen LogP) is 2.62. The van der Waals surface area contributed by atoms with Gasteiger partial charge in [0, 0.05) is 18.6 Å². The summed E-state index contributed by atoms with van der Waals surface area (Å²) >= 11 is 0. The van der Waals surface area contributed by atoms with Crippen molar-refractivity contribution >= 4 is 0 Å². The maximum atomic E-state index is 3.71. The molecule has 1 N–H and O–H groups in total. The van der Waals surface area contributed by atoms with E-state index in [1.54, 1.807) is 11.1 Å². The summed E-state index contributed by atoms with van der Waals surface area (Å²) in [4.78, 5) is 2.77. The van der Waals surface area contributed by atoms with E-state index in [2.05, 4.69) is 34.5 Å². The third-order valence-corrected chi connectivity index (χ3v) is 5.43. The minimum Gasteiger partial charge on any atom is -0.314 e. The number of likely N-dealkylation sites (tertiary alicyclic amines) is 1. The molecule has 1 heterocycles. The van der Waals surface area contributed by atoms with E-state index < -0.39 is 0 Å². The number of aryl methyl sites for hydroxylation is 1. The normalized spacial score (nSPS) is 30.4. The molecule has 1 saturated carbocycles. The maximum absolute atomic E-state index is 3.71. The molecule has 108 valence electrons. The molecule has 2 fully saturated rings. The smallest absolute Gasteiger partial charge is 0.0139 e. The third kappa shape index (κ3) is 2.77. The van der Waals surface area contributed by atoms with E-state index in [9.17, 15) is 0 Å². The van der Waals surface area contributed by atoms with Gasteiger partial charge >= 0.3 is 0 Å². The first-order chi connectivity index (χ1) is 9.88. The van der Waals surface area contributed by atoms with Crippen LogP contribution >= 0.6 is 0 Å². The van der Waals surface area contributed by atoms with E-state index >= 15 is 0 Å². The molecule has 20 heavy (non-hydrogen) atoms. The molecule has 2 atom stereocenters. The Bertz CT molecular complexity index is 466. The molecule has 0 bridgehead atoms. The zero-order valence-electron chi connectivity index (χ0n) is 12.4. The van der Waals surface area contributed by atoms with Crippen LogP contribution in [0.2, 0.25) is 0 Å². The van der Waals surface area contributed by atoms with E-state index in [0.717, 1.165) is 18.0 Å². The Morgan fingerprint density at radius 2 is 1.90 bits per heavy atom. The van der Waals surface area contributed by atoms with Crippen molar-refractivity contribution in [3.8, 4) is 0 Å². The van der Waals surface area contributed by atoms with Gasteiger partial charge in [-0.25, -0.2) is 0 Å². The summed E-state index contributed by atoms with van der Waals surface area (Å²) in [7, 11) is 0. The van der Waals surface area contributed by atoms with Crippen LogP contribution in [0.25, 0.3) is 0 Å². The summed E-state index contributed by atoms with van der Waals surface area (Å²) in [5.41, 5.74) is 3.19. The zero-order valence-corrected chi connectivity index (χ0v) is 12.4. The predicted molar refractivity (Wildman–Crippen MR) is 83.0 cm³/mol. The van der Waals surface area contributed by atoms with Crippen molar-refractivity contribution < 1.29 is 0 Å². The molecule has 0 amide bonds. The molecule has 0 aromatic heterocycles. The van der Waals surface area contributed by atoms with Crippen molar-refractivity contribution in [1.29, 1.82) is 0 Å². The number of nitrogens with zero attached hydrogens (tertiary/aromatic N) is 1. The highest BCUT2D eigenvalue weighted by Gasteiger charge is 2.31. The second-order valence-electron chi connectivity index (χ2n) is 7.00. The van der Waals surface area contributed by atoms with Gasteiger partial charge in [0.25, 0.3) is 0 Å². The Morgan fingerprint density at radius 3 is 2.75 bits per heavy atom. The van der Waals surface area contributed by atoms with Gasteiger partial charge in [-0.1, -0.05) is 24.3 Å². The fraction of sp³-hybridized carbons (Fsp3) is 0.667. The standard InChI is InChI=1S/C18H26N2/c1-2-4-16-11-18(8-5-15(16)3-1)20-10-9-14(13-20)12-19-17-6-7-17/h1-4,14,17-19H,5-13H2. The summed E-state index contributed by atoms with van der Waals surface area (Å²) in [5, 5.41) is 3.71. The minimum absolute atomic E-state index is 0.802. The van der Waals surface area contributed by atoms with Crippen molar-refractivity contribution in [1.82, 2.24) is 10.2 Å². The van der Waals surface area contributed by atoms with E-state index in [0.29, 0.717) is 0 Å². The SMILES string of the molecule is c1ccc2c(c1)CCC(N1CCC(CNC3CC3)C1)C2. The summed E-state index contributed by atoms with van der Waals surface area (Å²) in [6, 6.07) is 10.7. The van der Waals surface area contributed by atoms with Gasteiger partial charge in [-0.15, -0.1) is 0 Å². The highest BCUT2D eigenvalue weighted by atomic mass is 15.2. The van der Waals surface area contributed by atoms with Crippen LogP contribution in [0, 0.1) is 5.92 Å². The molecule has 2 aliphatic carbocycles. The minimum atomic E-state index is 0.802. The average Bonchev–Trinajstić information content (AvgIpc) is 3.21. The Morgan fingerprint density at radius 1 is 1.05 bits per heavy atom. The molecule has 1 aliphatic heterocycles. The number of hydrogen-bond acceptors (Lipinski definition) is 2. The summed E-state index contributed by atoms with van der Waals surface area (Å²) < 4.78 is 0. The fourth-order valence-electron chi connectivity index (χ4n) is 3.97. The summed E-state index contributed by atoms with van der Waals surface area (Å²) in [6.07, 6.45) is 8.14. The molecule has 3 aliphatic rings. The lowest BCUT2D eigenvalue weighted by Crippen LogP contribution is -2.38. The van der Waals surface area contributed by atoms with Gasteiger partial charge in [-0.2, -0.15) is 0 Å². The van der Waals surface area contributed by atoms with E-state index in [-0.39, 0.29) is 0 Å². The molecule has 0 spiro atoms. The lowest BCUT2D eigenvalue weighted by Gasteiger charge is -2.32. The number of benzene rings is 1. The maximum Gasteiger partial charge on any atom is 0.0139 e. The largest absolute Gasteiger partial charge is 0.314 e. The number of nitrogens with one attached hydrogen (secondary N) is 1.